The van der Waals surface area contributed by atoms with E-state index in [9.17, 15) is 19.8 Å². The van der Waals surface area contributed by atoms with Crippen LogP contribution in [0.25, 0.3) is 22.2 Å². The number of hydrogen-bond acceptors (Lipinski definition) is 5. The van der Waals surface area contributed by atoms with Crippen LogP contribution in [0.3, 0.4) is 0 Å². The van der Waals surface area contributed by atoms with Crippen molar-refractivity contribution in [2.75, 3.05) is 13.1 Å². The van der Waals surface area contributed by atoms with Crippen LogP contribution in [0, 0.1) is 0 Å². The first-order valence-electron chi connectivity index (χ1n) is 11.1. The van der Waals surface area contributed by atoms with Crippen molar-refractivity contribution in [3.05, 3.63) is 50.9 Å². The second-order valence-electron chi connectivity index (χ2n) is 9.07. The highest BCUT2D eigenvalue weighted by Crippen LogP contribution is 2.38. The highest BCUT2D eigenvalue weighted by molar-refractivity contribution is 5.93. The highest BCUT2D eigenvalue weighted by atomic mass is 35.5. The van der Waals surface area contributed by atoms with Crippen molar-refractivity contribution in [2.45, 2.75) is 44.7 Å². The molecule has 0 unspecified atom stereocenters. The van der Waals surface area contributed by atoms with Gasteiger partial charge in [0.25, 0.3) is 5.56 Å². The van der Waals surface area contributed by atoms with E-state index in [0.29, 0.717) is 23.7 Å². The molecule has 1 saturated heterocycles. The maximum absolute atomic E-state index is 12.4. The molecule has 5 rings (SSSR count). The van der Waals surface area contributed by atoms with Crippen LogP contribution in [-0.2, 0) is 26.4 Å². The van der Waals surface area contributed by atoms with Crippen molar-refractivity contribution < 1.29 is 15.0 Å². The molecular weight excluding hydrogens is 479 g/mol. The lowest BCUT2D eigenvalue weighted by molar-refractivity contribution is 0.0691. The first-order chi connectivity index (χ1) is 15.3. The van der Waals surface area contributed by atoms with Gasteiger partial charge in [0, 0.05) is 60.4 Å². The van der Waals surface area contributed by atoms with E-state index in [4.69, 9.17) is 5.73 Å². The molecule has 34 heavy (non-hydrogen) atoms. The first-order valence-corrected chi connectivity index (χ1v) is 11.1. The minimum Gasteiger partial charge on any atom is -0.506 e. The number of halogens is 2. The summed E-state index contributed by atoms with van der Waals surface area (Å²) in [6.45, 7) is 2.86. The number of nitrogens with one attached hydrogen (secondary N) is 1. The van der Waals surface area contributed by atoms with Gasteiger partial charge in [0.05, 0.1) is 5.69 Å². The molecule has 8 nitrogen and oxygen atoms in total. The second-order valence-corrected chi connectivity index (χ2v) is 9.07. The number of H-pyrrole nitrogens is 1. The molecule has 0 atom stereocenters. The first kappa shape index (κ1) is 26.1. The SMILES string of the molecule is Cl.Cl.Cn1c(CN2CCC(N)CC2)cc2cc3c(cc21)CCCc1c-3[nH]c(=O)c(C(=O)O)c1O. The standard InChI is InChI=1S/C24H28N4O4.2ClH/c1-27-16(12-28-7-5-15(25)6-8-28)9-14-10-18-13(11-19(14)27)3-2-4-17-21(18)26-23(30)20(22(17)29)24(31)32;;/h9-11,15H,2-8,12,25H2,1H3,(H,31,32)(H2,26,29,30);2*1H. The number of carboxylic acids is 1. The normalized spacial score (nSPS) is 16.2. The van der Waals surface area contributed by atoms with Gasteiger partial charge in [-0.25, -0.2) is 4.79 Å². The van der Waals surface area contributed by atoms with E-state index in [1.54, 1.807) is 0 Å². The van der Waals surface area contributed by atoms with E-state index in [-0.39, 0.29) is 24.8 Å². The fraction of sp³-hybridized carbons (Fsp3) is 0.417. The lowest BCUT2D eigenvalue weighted by Crippen LogP contribution is -2.39. The molecule has 0 amide bonds. The van der Waals surface area contributed by atoms with Gasteiger partial charge in [-0.2, -0.15) is 0 Å². The van der Waals surface area contributed by atoms with Gasteiger partial charge in [0.15, 0.2) is 5.56 Å². The van der Waals surface area contributed by atoms with Crippen molar-refractivity contribution in [3.63, 3.8) is 0 Å². The summed E-state index contributed by atoms with van der Waals surface area (Å²) >= 11 is 0. The Morgan fingerprint density at radius 1 is 1.18 bits per heavy atom. The Kier molecular flexibility index (Phi) is 7.67. The summed E-state index contributed by atoms with van der Waals surface area (Å²) in [4.78, 5) is 29.1. The van der Waals surface area contributed by atoms with Gasteiger partial charge in [-0.15, -0.1) is 24.8 Å². The minimum atomic E-state index is -1.42. The molecule has 3 aromatic rings. The molecule has 1 aromatic carbocycles. The summed E-state index contributed by atoms with van der Waals surface area (Å²) in [7, 11) is 2.08. The Morgan fingerprint density at radius 3 is 2.56 bits per heavy atom. The highest BCUT2D eigenvalue weighted by Gasteiger charge is 2.26. The van der Waals surface area contributed by atoms with Crippen LogP contribution in [0.15, 0.2) is 23.0 Å². The molecule has 1 aliphatic heterocycles. The van der Waals surface area contributed by atoms with Crippen LogP contribution in [0.4, 0.5) is 0 Å². The second kappa shape index (κ2) is 10.00. The third-order valence-corrected chi connectivity index (χ3v) is 7.03. The summed E-state index contributed by atoms with van der Waals surface area (Å²) in [6, 6.07) is 6.70. The molecular formula is C24H30Cl2N4O4. The van der Waals surface area contributed by atoms with E-state index >= 15 is 0 Å². The molecule has 184 valence electrons. The van der Waals surface area contributed by atoms with Gasteiger partial charge in [0.1, 0.15) is 5.75 Å². The molecule has 1 aliphatic carbocycles. The van der Waals surface area contributed by atoms with E-state index in [2.05, 4.69) is 39.7 Å². The van der Waals surface area contributed by atoms with Crippen molar-refractivity contribution in [3.8, 4) is 17.0 Å². The number of benzene rings is 1. The Balaban J connectivity index is 0.00000162. The number of fused-ring (bicyclic) bond motifs is 4. The number of aromatic hydroxyl groups is 1. The number of aryl methyl sites for hydroxylation is 2. The van der Waals surface area contributed by atoms with Gasteiger partial charge in [-0.1, -0.05) is 0 Å². The van der Waals surface area contributed by atoms with E-state index in [0.717, 1.165) is 67.3 Å². The van der Waals surface area contributed by atoms with Crippen molar-refractivity contribution in [2.24, 2.45) is 12.8 Å². The van der Waals surface area contributed by atoms with Crippen LogP contribution in [0.5, 0.6) is 5.75 Å². The predicted octanol–water partition coefficient (Wildman–Crippen LogP) is 3.19. The Bertz CT molecular complexity index is 1290. The quantitative estimate of drug-likeness (QED) is 0.430. The molecule has 0 saturated carbocycles. The topological polar surface area (TPSA) is 125 Å². The fourth-order valence-corrected chi connectivity index (χ4v) is 5.17. The fourth-order valence-electron chi connectivity index (χ4n) is 5.17. The number of piperidine rings is 1. The zero-order valence-electron chi connectivity index (χ0n) is 19.0. The molecule has 0 spiro atoms. The molecule has 0 bridgehead atoms. The maximum atomic E-state index is 12.4. The summed E-state index contributed by atoms with van der Waals surface area (Å²) < 4.78 is 2.23. The van der Waals surface area contributed by atoms with Crippen LogP contribution in [0.1, 0.15) is 46.4 Å². The Hall–Kier alpha value is -2.52. The number of carboxylic acid groups (broad SMARTS) is 1. The minimum absolute atomic E-state index is 0. The third-order valence-electron chi connectivity index (χ3n) is 7.03. The number of pyridine rings is 1. The van der Waals surface area contributed by atoms with Crippen molar-refractivity contribution in [1.29, 1.82) is 0 Å². The van der Waals surface area contributed by atoms with Crippen LogP contribution in [-0.4, -0.2) is 49.8 Å². The number of nitrogens with two attached hydrogens (primary N) is 1. The number of rotatable bonds is 3. The molecule has 3 heterocycles. The molecule has 2 aliphatic rings. The van der Waals surface area contributed by atoms with Gasteiger partial charge < -0.3 is 25.5 Å². The lowest BCUT2D eigenvalue weighted by Gasteiger charge is -2.30. The number of aromatic nitrogens is 2. The number of likely N-dealkylation sites (tertiary alicyclic amines) is 1. The number of carbonyl (C=O) groups is 1. The van der Waals surface area contributed by atoms with Gasteiger partial charge in [-0.05, 0) is 55.9 Å². The van der Waals surface area contributed by atoms with E-state index < -0.39 is 22.8 Å². The van der Waals surface area contributed by atoms with Gasteiger partial charge >= 0.3 is 5.97 Å². The number of nitrogens with zero attached hydrogens (tertiary/aromatic N) is 2. The van der Waals surface area contributed by atoms with Crippen molar-refractivity contribution in [1.82, 2.24) is 14.5 Å². The zero-order chi connectivity index (χ0) is 22.6. The maximum Gasteiger partial charge on any atom is 0.345 e. The zero-order valence-corrected chi connectivity index (χ0v) is 20.6. The summed E-state index contributed by atoms with van der Waals surface area (Å²) in [6.07, 6.45) is 4.09. The molecule has 2 aromatic heterocycles. The average Bonchev–Trinajstić information content (AvgIpc) is 2.93. The summed E-state index contributed by atoms with van der Waals surface area (Å²) in [5, 5.41) is 21.0. The van der Waals surface area contributed by atoms with Gasteiger partial charge in [0.2, 0.25) is 0 Å². The predicted molar refractivity (Wildman–Crippen MR) is 137 cm³/mol. The smallest absolute Gasteiger partial charge is 0.345 e. The molecule has 10 heteroatoms. The van der Waals surface area contributed by atoms with E-state index in [1.807, 2.05) is 0 Å². The molecule has 5 N–H and O–H groups in total. The van der Waals surface area contributed by atoms with Gasteiger partial charge in [-0.3, -0.25) is 9.69 Å². The number of hydrogen-bond donors (Lipinski definition) is 4. The summed E-state index contributed by atoms with van der Waals surface area (Å²) in [5.41, 5.74) is 10.00. The average molecular weight is 509 g/mol. The van der Waals surface area contributed by atoms with Crippen LogP contribution >= 0.6 is 24.8 Å². The van der Waals surface area contributed by atoms with E-state index in [1.165, 1.54) is 5.69 Å². The Morgan fingerprint density at radius 2 is 1.88 bits per heavy atom. The molecule has 1 fully saturated rings. The monoisotopic (exact) mass is 508 g/mol. The number of aromatic amines is 1. The Labute approximate surface area is 209 Å². The third kappa shape index (κ3) is 4.43. The number of aromatic carboxylic acids is 1. The summed E-state index contributed by atoms with van der Waals surface area (Å²) in [5.74, 6) is -1.83. The lowest BCUT2D eigenvalue weighted by atomic mass is 9.98. The van der Waals surface area contributed by atoms with Crippen LogP contribution in [0.2, 0.25) is 0 Å². The molecule has 0 radical (unpaired) electrons. The van der Waals surface area contributed by atoms with Crippen LogP contribution < -0.4 is 11.3 Å². The largest absolute Gasteiger partial charge is 0.506 e. The van der Waals surface area contributed by atoms with Crippen molar-refractivity contribution >= 4 is 41.7 Å².